The van der Waals surface area contributed by atoms with Gasteiger partial charge in [-0.15, -0.1) is 29.1 Å². The number of furan rings is 1. The van der Waals surface area contributed by atoms with Crippen LogP contribution in [0.15, 0.2) is 27.8 Å². The number of nitrogens with zero attached hydrogens (tertiary/aromatic N) is 3. The summed E-state index contributed by atoms with van der Waals surface area (Å²) in [4.78, 5) is 8.44. The summed E-state index contributed by atoms with van der Waals surface area (Å²) < 4.78 is 5.23. The van der Waals surface area contributed by atoms with Gasteiger partial charge in [0.05, 0.1) is 12.8 Å². The molecule has 2 heterocycles. The second-order valence-corrected chi connectivity index (χ2v) is 3.94. The molecular weight excluding hydrogens is 371 g/mol. The molecule has 2 rings (SSSR count). The number of hydrogen-bond donors (Lipinski definition) is 3. The SMILES string of the molecule is CCCNC(=NC)NCc1nc(-c2ccco2)n[nH]1.I. The molecule has 7 nitrogen and oxygen atoms in total. The van der Waals surface area contributed by atoms with Crippen molar-refractivity contribution in [3.8, 4) is 11.6 Å². The Balaban J connectivity index is 0.00000200. The van der Waals surface area contributed by atoms with Crippen LogP contribution in [0.4, 0.5) is 0 Å². The maximum Gasteiger partial charge on any atom is 0.216 e. The predicted octanol–water partition coefficient (Wildman–Crippen LogP) is 1.76. The van der Waals surface area contributed by atoms with E-state index in [4.69, 9.17) is 4.42 Å². The fraction of sp³-hybridized carbons (Fsp3) is 0.417. The number of aliphatic imine (C=N–C) groups is 1. The molecule has 2 aromatic rings. The van der Waals surface area contributed by atoms with Crippen molar-refractivity contribution in [2.75, 3.05) is 13.6 Å². The zero-order valence-corrected chi connectivity index (χ0v) is 13.8. The zero-order chi connectivity index (χ0) is 13.5. The third-order valence-corrected chi connectivity index (χ3v) is 2.46. The van der Waals surface area contributed by atoms with Crippen molar-refractivity contribution in [3.05, 3.63) is 24.2 Å². The lowest BCUT2D eigenvalue weighted by Crippen LogP contribution is -2.37. The van der Waals surface area contributed by atoms with Gasteiger partial charge in [-0.1, -0.05) is 6.92 Å². The summed E-state index contributed by atoms with van der Waals surface area (Å²) in [6.45, 7) is 3.51. The third-order valence-electron chi connectivity index (χ3n) is 2.46. The molecule has 8 heteroatoms. The van der Waals surface area contributed by atoms with E-state index in [1.165, 1.54) is 0 Å². The molecule has 0 aliphatic carbocycles. The van der Waals surface area contributed by atoms with Crippen LogP contribution in [-0.2, 0) is 6.54 Å². The topological polar surface area (TPSA) is 91.1 Å². The Bertz CT molecular complexity index is 522. The van der Waals surface area contributed by atoms with Gasteiger partial charge in [0.2, 0.25) is 5.82 Å². The van der Waals surface area contributed by atoms with E-state index in [1.807, 2.05) is 6.07 Å². The molecule has 0 aromatic carbocycles. The van der Waals surface area contributed by atoms with Crippen LogP contribution in [0.5, 0.6) is 0 Å². The van der Waals surface area contributed by atoms with E-state index in [2.05, 4.69) is 37.7 Å². The number of halogens is 1. The van der Waals surface area contributed by atoms with Gasteiger partial charge in [-0.05, 0) is 18.6 Å². The Kier molecular flexibility index (Phi) is 7.05. The summed E-state index contributed by atoms with van der Waals surface area (Å²) in [6.07, 6.45) is 2.64. The molecule has 0 bridgehead atoms. The number of aromatic amines is 1. The Morgan fingerprint density at radius 1 is 1.45 bits per heavy atom. The van der Waals surface area contributed by atoms with Gasteiger partial charge < -0.3 is 15.1 Å². The maximum absolute atomic E-state index is 5.23. The molecule has 0 amide bonds. The van der Waals surface area contributed by atoms with Gasteiger partial charge in [0.1, 0.15) is 5.82 Å². The van der Waals surface area contributed by atoms with Crippen LogP contribution in [0, 0.1) is 0 Å². The molecule has 2 aromatic heterocycles. The Labute approximate surface area is 134 Å². The van der Waals surface area contributed by atoms with E-state index in [1.54, 1.807) is 19.4 Å². The van der Waals surface area contributed by atoms with Crippen LogP contribution in [0.1, 0.15) is 19.2 Å². The highest BCUT2D eigenvalue weighted by molar-refractivity contribution is 14.0. The molecule has 3 N–H and O–H groups in total. The summed E-state index contributed by atoms with van der Waals surface area (Å²) in [6, 6.07) is 3.63. The first kappa shape index (κ1) is 16.5. The highest BCUT2D eigenvalue weighted by atomic mass is 127. The quantitative estimate of drug-likeness (QED) is 0.411. The Morgan fingerprint density at radius 2 is 2.30 bits per heavy atom. The standard InChI is InChI=1S/C12H18N6O.HI/c1-3-6-14-12(13-2)15-8-10-16-11(18-17-10)9-5-4-7-19-9;/h4-5,7H,3,6,8H2,1-2H3,(H2,13,14,15)(H,16,17,18);1H. The molecule has 0 saturated heterocycles. The van der Waals surface area contributed by atoms with E-state index >= 15 is 0 Å². The Morgan fingerprint density at radius 3 is 2.95 bits per heavy atom. The second kappa shape index (κ2) is 8.56. The van der Waals surface area contributed by atoms with Gasteiger partial charge in [-0.2, -0.15) is 0 Å². The van der Waals surface area contributed by atoms with Gasteiger partial charge in [-0.25, -0.2) is 4.98 Å². The number of guanidine groups is 1. The number of H-pyrrole nitrogens is 1. The van der Waals surface area contributed by atoms with Crippen molar-refractivity contribution in [2.45, 2.75) is 19.9 Å². The van der Waals surface area contributed by atoms with Gasteiger partial charge in [0.25, 0.3) is 0 Å². The molecule has 0 aliphatic heterocycles. The van der Waals surface area contributed by atoms with Gasteiger partial charge in [0.15, 0.2) is 11.7 Å². The molecule has 0 fully saturated rings. The average molecular weight is 390 g/mol. The summed E-state index contributed by atoms with van der Waals surface area (Å²) in [5.41, 5.74) is 0. The van der Waals surface area contributed by atoms with Crippen molar-refractivity contribution < 1.29 is 4.42 Å². The maximum atomic E-state index is 5.23. The van der Waals surface area contributed by atoms with E-state index in [0.29, 0.717) is 18.1 Å². The monoisotopic (exact) mass is 390 g/mol. The fourth-order valence-corrected chi connectivity index (χ4v) is 1.52. The van der Waals surface area contributed by atoms with E-state index in [9.17, 15) is 0 Å². The number of hydrogen-bond acceptors (Lipinski definition) is 4. The van der Waals surface area contributed by atoms with Crippen LogP contribution in [-0.4, -0.2) is 34.7 Å². The molecule has 110 valence electrons. The number of nitrogens with one attached hydrogen (secondary N) is 3. The lowest BCUT2D eigenvalue weighted by molar-refractivity contribution is 0.577. The molecule has 20 heavy (non-hydrogen) atoms. The molecule has 0 atom stereocenters. The summed E-state index contributed by atoms with van der Waals surface area (Å²) in [5, 5.41) is 13.3. The number of rotatable bonds is 5. The molecular formula is C12H19IN6O. The highest BCUT2D eigenvalue weighted by Gasteiger charge is 2.08. The minimum Gasteiger partial charge on any atom is -0.461 e. The van der Waals surface area contributed by atoms with E-state index < -0.39 is 0 Å². The second-order valence-electron chi connectivity index (χ2n) is 3.94. The minimum absolute atomic E-state index is 0. The summed E-state index contributed by atoms with van der Waals surface area (Å²) in [5.74, 6) is 2.68. The lowest BCUT2D eigenvalue weighted by atomic mass is 10.4. The first-order valence-corrected chi connectivity index (χ1v) is 6.23. The number of aromatic nitrogens is 3. The average Bonchev–Trinajstić information content (AvgIpc) is 3.09. The molecule has 0 aliphatic rings. The Hall–Kier alpha value is -1.58. The smallest absolute Gasteiger partial charge is 0.216 e. The van der Waals surface area contributed by atoms with Crippen LogP contribution in [0.25, 0.3) is 11.6 Å². The van der Waals surface area contributed by atoms with Gasteiger partial charge in [-0.3, -0.25) is 10.1 Å². The van der Waals surface area contributed by atoms with Gasteiger partial charge in [0, 0.05) is 13.6 Å². The molecule has 0 saturated carbocycles. The molecule has 0 unspecified atom stereocenters. The normalized spacial score (nSPS) is 11.0. The fourth-order valence-electron chi connectivity index (χ4n) is 1.52. The third kappa shape index (κ3) is 4.51. The van der Waals surface area contributed by atoms with Crippen molar-refractivity contribution >= 4 is 29.9 Å². The first-order valence-electron chi connectivity index (χ1n) is 6.23. The lowest BCUT2D eigenvalue weighted by Gasteiger charge is -2.09. The largest absolute Gasteiger partial charge is 0.461 e. The van der Waals surface area contributed by atoms with Crippen LogP contribution >= 0.6 is 24.0 Å². The minimum atomic E-state index is 0. The van der Waals surface area contributed by atoms with E-state index in [-0.39, 0.29) is 24.0 Å². The van der Waals surface area contributed by atoms with Crippen molar-refractivity contribution in [3.63, 3.8) is 0 Å². The van der Waals surface area contributed by atoms with Crippen molar-refractivity contribution in [1.29, 1.82) is 0 Å². The van der Waals surface area contributed by atoms with E-state index in [0.717, 1.165) is 24.7 Å². The van der Waals surface area contributed by atoms with Crippen LogP contribution in [0.2, 0.25) is 0 Å². The summed E-state index contributed by atoms with van der Waals surface area (Å²) >= 11 is 0. The molecule has 0 radical (unpaired) electrons. The predicted molar refractivity (Wildman–Crippen MR) is 88.0 cm³/mol. The zero-order valence-electron chi connectivity index (χ0n) is 11.5. The van der Waals surface area contributed by atoms with Crippen molar-refractivity contribution in [2.24, 2.45) is 4.99 Å². The van der Waals surface area contributed by atoms with Crippen LogP contribution < -0.4 is 10.6 Å². The van der Waals surface area contributed by atoms with Crippen LogP contribution in [0.3, 0.4) is 0 Å². The highest BCUT2D eigenvalue weighted by Crippen LogP contribution is 2.13. The molecule has 0 spiro atoms. The van der Waals surface area contributed by atoms with Gasteiger partial charge >= 0.3 is 0 Å². The summed E-state index contributed by atoms with van der Waals surface area (Å²) in [7, 11) is 1.74. The first-order chi connectivity index (χ1) is 9.33. The van der Waals surface area contributed by atoms with Crippen molar-refractivity contribution in [1.82, 2.24) is 25.8 Å².